The fraction of sp³-hybridized carbons (Fsp3) is 0.750. The Morgan fingerprint density at radius 1 is 1.32 bits per heavy atom. The Bertz CT molecular complexity index is 420. The van der Waals surface area contributed by atoms with Crippen LogP contribution in [0.5, 0.6) is 0 Å². The minimum absolute atomic E-state index is 0.799. The van der Waals surface area contributed by atoms with Gasteiger partial charge in [-0.3, -0.25) is 4.90 Å². The molecule has 3 heterocycles. The second-order valence-corrected chi connectivity index (χ2v) is 7.74. The first kappa shape index (κ1) is 13.6. The van der Waals surface area contributed by atoms with Gasteiger partial charge in [-0.1, -0.05) is 0 Å². The third kappa shape index (κ3) is 3.21. The van der Waals surface area contributed by atoms with Crippen LogP contribution < -0.4 is 5.32 Å². The van der Waals surface area contributed by atoms with Crippen molar-refractivity contribution in [3.05, 3.63) is 21.4 Å². The van der Waals surface area contributed by atoms with Gasteiger partial charge in [0, 0.05) is 28.9 Å². The van der Waals surface area contributed by atoms with Gasteiger partial charge >= 0.3 is 0 Å². The molecule has 0 spiro atoms. The van der Waals surface area contributed by atoms with E-state index in [1.807, 2.05) is 11.3 Å². The normalized spacial score (nSPS) is 28.9. The summed E-state index contributed by atoms with van der Waals surface area (Å²) in [5.74, 6) is 0.885. The van der Waals surface area contributed by atoms with Crippen molar-refractivity contribution in [3.63, 3.8) is 0 Å². The molecule has 106 valence electrons. The Morgan fingerprint density at radius 2 is 2.21 bits per heavy atom. The number of nitrogens with zero attached hydrogens (tertiary/aromatic N) is 1. The first-order chi connectivity index (χ1) is 9.22. The predicted molar refractivity (Wildman–Crippen MR) is 82.8 cm³/mol. The number of likely N-dealkylation sites (tertiary alicyclic amines) is 1. The lowest BCUT2D eigenvalue weighted by Crippen LogP contribution is -2.43. The van der Waals surface area contributed by atoms with E-state index in [0.717, 1.165) is 12.0 Å². The Kier molecular flexibility index (Phi) is 4.25. The molecule has 0 saturated carbocycles. The fourth-order valence-electron chi connectivity index (χ4n) is 3.76. The molecular formula is C16H26N2S. The zero-order chi connectivity index (χ0) is 13.2. The van der Waals surface area contributed by atoms with Crippen LogP contribution in [-0.4, -0.2) is 30.6 Å². The monoisotopic (exact) mass is 278 g/mol. The van der Waals surface area contributed by atoms with Gasteiger partial charge in [-0.2, -0.15) is 0 Å². The lowest BCUT2D eigenvalue weighted by atomic mass is 9.89. The second kappa shape index (κ2) is 5.94. The summed E-state index contributed by atoms with van der Waals surface area (Å²) in [6, 6.07) is 3.19. The molecule has 1 aromatic heterocycles. The molecule has 1 aromatic rings. The lowest BCUT2D eigenvalue weighted by Gasteiger charge is -2.35. The summed E-state index contributed by atoms with van der Waals surface area (Å²) in [5.41, 5.74) is 1.56. The first-order valence-corrected chi connectivity index (χ1v) is 8.55. The largest absolute Gasteiger partial charge is 0.314 e. The Balaban J connectivity index is 1.60. The van der Waals surface area contributed by atoms with Crippen molar-refractivity contribution < 1.29 is 0 Å². The number of thiophene rings is 1. The SMILES string of the molecule is Cc1cc(CN2CCCC(C3CCCN3)C2)c(C)s1. The third-order valence-electron chi connectivity index (χ3n) is 4.75. The van der Waals surface area contributed by atoms with E-state index in [9.17, 15) is 0 Å². The van der Waals surface area contributed by atoms with Gasteiger partial charge in [0.15, 0.2) is 0 Å². The summed E-state index contributed by atoms with van der Waals surface area (Å²) in [6.45, 7) is 9.49. The van der Waals surface area contributed by atoms with Gasteiger partial charge in [-0.05, 0) is 70.2 Å². The standard InChI is InChI=1S/C16H26N2S/c1-12-9-15(13(2)19-12)11-18-8-4-5-14(10-18)16-6-3-7-17-16/h9,14,16-17H,3-8,10-11H2,1-2H3. The molecule has 0 aliphatic carbocycles. The van der Waals surface area contributed by atoms with Crippen LogP contribution in [0.3, 0.4) is 0 Å². The molecule has 2 aliphatic rings. The molecule has 3 heteroatoms. The van der Waals surface area contributed by atoms with Crippen molar-refractivity contribution in [1.82, 2.24) is 10.2 Å². The van der Waals surface area contributed by atoms with Crippen molar-refractivity contribution in [3.8, 4) is 0 Å². The van der Waals surface area contributed by atoms with E-state index < -0.39 is 0 Å². The minimum atomic E-state index is 0.799. The number of hydrogen-bond donors (Lipinski definition) is 1. The maximum atomic E-state index is 3.70. The topological polar surface area (TPSA) is 15.3 Å². The molecule has 2 aliphatic heterocycles. The average Bonchev–Trinajstić information content (AvgIpc) is 3.01. The molecule has 2 fully saturated rings. The molecule has 1 N–H and O–H groups in total. The second-order valence-electron chi connectivity index (χ2n) is 6.28. The summed E-state index contributed by atoms with van der Waals surface area (Å²) in [7, 11) is 0. The molecule has 0 radical (unpaired) electrons. The Morgan fingerprint density at radius 3 is 2.89 bits per heavy atom. The number of nitrogens with one attached hydrogen (secondary N) is 1. The highest BCUT2D eigenvalue weighted by Crippen LogP contribution is 2.27. The van der Waals surface area contributed by atoms with Gasteiger partial charge in [-0.25, -0.2) is 0 Å². The van der Waals surface area contributed by atoms with Gasteiger partial charge in [0.05, 0.1) is 0 Å². The van der Waals surface area contributed by atoms with Gasteiger partial charge in [0.2, 0.25) is 0 Å². The first-order valence-electron chi connectivity index (χ1n) is 7.74. The number of rotatable bonds is 3. The predicted octanol–water partition coefficient (Wildman–Crippen LogP) is 3.33. The molecule has 2 atom stereocenters. The van der Waals surface area contributed by atoms with Gasteiger partial charge in [0.25, 0.3) is 0 Å². The highest BCUT2D eigenvalue weighted by atomic mass is 32.1. The van der Waals surface area contributed by atoms with E-state index in [1.165, 1.54) is 61.6 Å². The summed E-state index contributed by atoms with van der Waals surface area (Å²) < 4.78 is 0. The maximum absolute atomic E-state index is 3.70. The van der Waals surface area contributed by atoms with E-state index >= 15 is 0 Å². The number of piperidine rings is 1. The molecule has 2 saturated heterocycles. The highest BCUT2D eigenvalue weighted by Gasteiger charge is 2.29. The van der Waals surface area contributed by atoms with Crippen molar-refractivity contribution >= 4 is 11.3 Å². The number of hydrogen-bond acceptors (Lipinski definition) is 3. The molecule has 0 aromatic carbocycles. The maximum Gasteiger partial charge on any atom is 0.0244 e. The van der Waals surface area contributed by atoms with Gasteiger partial charge in [-0.15, -0.1) is 11.3 Å². The van der Waals surface area contributed by atoms with Crippen molar-refractivity contribution in [2.75, 3.05) is 19.6 Å². The molecule has 2 nitrogen and oxygen atoms in total. The van der Waals surface area contributed by atoms with Crippen molar-refractivity contribution in [1.29, 1.82) is 0 Å². The Hall–Kier alpha value is -0.380. The zero-order valence-electron chi connectivity index (χ0n) is 12.2. The van der Waals surface area contributed by atoms with E-state index in [-0.39, 0.29) is 0 Å². The van der Waals surface area contributed by atoms with Crippen LogP contribution >= 0.6 is 11.3 Å². The van der Waals surface area contributed by atoms with E-state index in [0.29, 0.717) is 0 Å². The van der Waals surface area contributed by atoms with E-state index in [2.05, 4.69) is 30.1 Å². The van der Waals surface area contributed by atoms with Crippen LogP contribution in [0.1, 0.15) is 41.0 Å². The fourth-order valence-corrected chi connectivity index (χ4v) is 4.70. The van der Waals surface area contributed by atoms with E-state index in [1.54, 1.807) is 5.56 Å². The van der Waals surface area contributed by atoms with Crippen LogP contribution in [0.2, 0.25) is 0 Å². The summed E-state index contributed by atoms with van der Waals surface area (Å²) >= 11 is 1.94. The van der Waals surface area contributed by atoms with Gasteiger partial charge in [0.1, 0.15) is 0 Å². The number of aryl methyl sites for hydroxylation is 2. The Labute approximate surface area is 121 Å². The lowest BCUT2D eigenvalue weighted by molar-refractivity contribution is 0.145. The molecular weight excluding hydrogens is 252 g/mol. The highest BCUT2D eigenvalue weighted by molar-refractivity contribution is 7.12. The van der Waals surface area contributed by atoms with Crippen molar-refractivity contribution in [2.24, 2.45) is 5.92 Å². The summed E-state index contributed by atoms with van der Waals surface area (Å²) in [6.07, 6.45) is 5.58. The molecule has 0 bridgehead atoms. The van der Waals surface area contributed by atoms with Crippen LogP contribution in [0.4, 0.5) is 0 Å². The van der Waals surface area contributed by atoms with E-state index in [4.69, 9.17) is 0 Å². The smallest absolute Gasteiger partial charge is 0.0244 e. The average molecular weight is 278 g/mol. The van der Waals surface area contributed by atoms with Gasteiger partial charge < -0.3 is 5.32 Å². The molecule has 0 amide bonds. The van der Waals surface area contributed by atoms with Crippen LogP contribution in [0, 0.1) is 19.8 Å². The zero-order valence-corrected chi connectivity index (χ0v) is 13.1. The molecule has 3 rings (SSSR count). The molecule has 19 heavy (non-hydrogen) atoms. The van der Waals surface area contributed by atoms with Crippen LogP contribution in [0.15, 0.2) is 6.07 Å². The summed E-state index contributed by atoms with van der Waals surface area (Å²) in [4.78, 5) is 5.65. The molecule has 2 unspecified atom stereocenters. The quantitative estimate of drug-likeness (QED) is 0.912. The third-order valence-corrected chi connectivity index (χ3v) is 5.76. The van der Waals surface area contributed by atoms with Crippen molar-refractivity contribution in [2.45, 2.75) is 52.1 Å². The summed E-state index contributed by atoms with van der Waals surface area (Å²) in [5, 5.41) is 3.70. The van der Waals surface area contributed by atoms with Crippen LogP contribution in [-0.2, 0) is 6.54 Å². The minimum Gasteiger partial charge on any atom is -0.314 e. The van der Waals surface area contributed by atoms with Crippen LogP contribution in [0.25, 0.3) is 0 Å².